The summed E-state index contributed by atoms with van der Waals surface area (Å²) in [6, 6.07) is 0.218. The van der Waals surface area contributed by atoms with Crippen LogP contribution in [-0.2, 0) is 0 Å². The maximum atomic E-state index is 6.85. The Morgan fingerprint density at radius 1 is 1.80 bits per heavy atom. The average Bonchev–Trinajstić information content (AvgIpc) is 1.79. The molecule has 29 valence electrons. The molecule has 0 aromatic rings. The van der Waals surface area contributed by atoms with Crippen molar-refractivity contribution in [3.63, 3.8) is 0 Å². The van der Waals surface area contributed by atoms with E-state index < -0.39 is 0 Å². The molecule has 0 heterocycles. The third-order valence-electron chi connectivity index (χ3n) is 0.713. The first-order chi connectivity index (χ1) is 2.30. The monoisotopic (exact) mass is 134 g/mol. The van der Waals surface area contributed by atoms with Crippen LogP contribution >= 0.6 is 15.9 Å². The number of halogens is 1. The lowest BCUT2D eigenvalue weighted by atomic mass is 10.8. The van der Waals surface area contributed by atoms with Crippen LogP contribution in [0.2, 0.25) is 0 Å². The largest absolute Gasteiger partial charge is 0.253 e. The minimum atomic E-state index is 0.218. The first-order valence-electron chi connectivity index (χ1n) is 1.66. The van der Waals surface area contributed by atoms with Crippen LogP contribution in [0, 0.1) is 0 Å². The Bertz CT molecular complexity index is 40.2. The van der Waals surface area contributed by atoms with Crippen molar-refractivity contribution in [3.05, 3.63) is 0 Å². The van der Waals surface area contributed by atoms with Crippen molar-refractivity contribution in [2.24, 2.45) is 0 Å². The highest BCUT2D eigenvalue weighted by Crippen LogP contribution is 2.28. The third-order valence-corrected chi connectivity index (χ3v) is 1.72. The molecule has 2 heteroatoms. The zero-order valence-corrected chi connectivity index (χ0v) is 4.33. The molecule has 0 saturated heterocycles. The molecule has 0 aliphatic heterocycles. The fourth-order valence-electron chi connectivity index (χ4n) is 0.164. The Balaban J connectivity index is 2.20. The van der Waals surface area contributed by atoms with E-state index in [1.165, 1.54) is 0 Å². The summed E-state index contributed by atoms with van der Waals surface area (Å²) in [5, 5.41) is 0. The molecule has 1 rings (SSSR count). The van der Waals surface area contributed by atoms with E-state index in [-0.39, 0.29) is 6.04 Å². The molecule has 0 spiro atoms. The summed E-state index contributed by atoms with van der Waals surface area (Å²) in [7, 11) is 0. The molecular weight excluding hydrogens is 130 g/mol. The number of hydrogen-bond donors (Lipinski definition) is 0. The predicted molar refractivity (Wildman–Crippen MR) is 24.2 cm³/mol. The van der Waals surface area contributed by atoms with E-state index in [4.69, 9.17) is 5.73 Å². The van der Waals surface area contributed by atoms with E-state index in [0.29, 0.717) is 4.83 Å². The van der Waals surface area contributed by atoms with Gasteiger partial charge in [-0.15, -0.1) is 0 Å². The van der Waals surface area contributed by atoms with Crippen molar-refractivity contribution in [2.45, 2.75) is 17.3 Å². The van der Waals surface area contributed by atoms with E-state index in [0.717, 1.165) is 6.42 Å². The Hall–Kier alpha value is 0.440. The van der Waals surface area contributed by atoms with Gasteiger partial charge in [0.05, 0.1) is 0 Å². The van der Waals surface area contributed by atoms with Crippen LogP contribution in [0.3, 0.4) is 0 Å². The topological polar surface area (TPSA) is 23.8 Å². The molecule has 1 radical (unpaired) electrons. The standard InChI is InChI=1S/C3H5BrN/c4-2-1-3(2)5/h2-3,5H,1H2. The molecule has 2 unspecified atom stereocenters. The number of rotatable bonds is 0. The average molecular weight is 135 g/mol. The van der Waals surface area contributed by atoms with Crippen molar-refractivity contribution in [1.29, 1.82) is 0 Å². The Labute approximate surface area is 39.7 Å². The summed E-state index contributed by atoms with van der Waals surface area (Å²) in [5.74, 6) is 0. The predicted octanol–water partition coefficient (Wildman–Crippen LogP) is 0.805. The molecule has 1 fully saturated rings. The van der Waals surface area contributed by atoms with Gasteiger partial charge in [-0.05, 0) is 6.42 Å². The van der Waals surface area contributed by atoms with Gasteiger partial charge in [-0.3, -0.25) is 5.73 Å². The lowest BCUT2D eigenvalue weighted by Gasteiger charge is -1.65. The van der Waals surface area contributed by atoms with Crippen molar-refractivity contribution in [1.82, 2.24) is 5.73 Å². The molecule has 1 aliphatic rings. The third kappa shape index (κ3) is 0.637. The van der Waals surface area contributed by atoms with E-state index in [1.807, 2.05) is 0 Å². The molecule has 0 aromatic heterocycles. The molecule has 0 amide bonds. The minimum absolute atomic E-state index is 0.218. The quantitative estimate of drug-likeness (QED) is 0.439. The van der Waals surface area contributed by atoms with Gasteiger partial charge in [0.25, 0.3) is 0 Å². The van der Waals surface area contributed by atoms with E-state index >= 15 is 0 Å². The lowest BCUT2D eigenvalue weighted by Crippen LogP contribution is -1.81. The maximum absolute atomic E-state index is 6.85. The molecule has 1 aliphatic carbocycles. The maximum Gasteiger partial charge on any atom is 0.0350 e. The molecule has 0 bridgehead atoms. The van der Waals surface area contributed by atoms with E-state index in [1.54, 1.807) is 0 Å². The fraction of sp³-hybridized carbons (Fsp3) is 1.00. The van der Waals surface area contributed by atoms with Gasteiger partial charge in [-0.1, -0.05) is 15.9 Å². The second-order valence-corrected chi connectivity index (χ2v) is 2.53. The van der Waals surface area contributed by atoms with Gasteiger partial charge in [0.1, 0.15) is 0 Å². The van der Waals surface area contributed by atoms with Gasteiger partial charge in [-0.25, -0.2) is 0 Å². The number of hydrogen-bond acceptors (Lipinski definition) is 0. The molecular formula is C3H5BrN. The fourth-order valence-corrected chi connectivity index (χ4v) is 0.567. The molecule has 1 nitrogen and oxygen atoms in total. The molecule has 2 atom stereocenters. The number of nitrogens with one attached hydrogen (secondary N) is 1. The smallest absolute Gasteiger partial charge is 0.0350 e. The summed E-state index contributed by atoms with van der Waals surface area (Å²) < 4.78 is 0. The highest BCUT2D eigenvalue weighted by molar-refractivity contribution is 9.09. The highest BCUT2D eigenvalue weighted by atomic mass is 79.9. The molecule has 1 saturated carbocycles. The van der Waals surface area contributed by atoms with E-state index in [2.05, 4.69) is 15.9 Å². The van der Waals surface area contributed by atoms with Gasteiger partial charge in [0, 0.05) is 10.9 Å². The molecule has 5 heavy (non-hydrogen) atoms. The van der Waals surface area contributed by atoms with Gasteiger partial charge in [-0.2, -0.15) is 0 Å². The summed E-state index contributed by atoms with van der Waals surface area (Å²) >= 11 is 3.26. The van der Waals surface area contributed by atoms with Gasteiger partial charge in [0.15, 0.2) is 0 Å². The first kappa shape index (κ1) is 3.62. The van der Waals surface area contributed by atoms with Crippen molar-refractivity contribution in [3.8, 4) is 0 Å². The molecule has 0 aromatic carbocycles. The summed E-state index contributed by atoms with van der Waals surface area (Å²) in [4.78, 5) is 0.530. The summed E-state index contributed by atoms with van der Waals surface area (Å²) in [6.45, 7) is 0. The lowest BCUT2D eigenvalue weighted by molar-refractivity contribution is 1.03. The SMILES string of the molecule is [NH]C1CC1Br. The second-order valence-electron chi connectivity index (χ2n) is 1.36. The Morgan fingerprint density at radius 2 is 2.00 bits per heavy atom. The van der Waals surface area contributed by atoms with Crippen molar-refractivity contribution in [2.75, 3.05) is 0 Å². The van der Waals surface area contributed by atoms with Crippen molar-refractivity contribution >= 4 is 15.9 Å². The van der Waals surface area contributed by atoms with Crippen molar-refractivity contribution < 1.29 is 0 Å². The van der Waals surface area contributed by atoms with Crippen LogP contribution in [0.15, 0.2) is 0 Å². The number of alkyl halides is 1. The Morgan fingerprint density at radius 3 is 2.00 bits per heavy atom. The highest BCUT2D eigenvalue weighted by Gasteiger charge is 2.30. The minimum Gasteiger partial charge on any atom is -0.253 e. The van der Waals surface area contributed by atoms with Crippen LogP contribution in [0.25, 0.3) is 0 Å². The first-order valence-corrected chi connectivity index (χ1v) is 2.57. The van der Waals surface area contributed by atoms with Gasteiger partial charge >= 0.3 is 0 Å². The summed E-state index contributed by atoms with van der Waals surface area (Å²) in [5.41, 5.74) is 6.85. The van der Waals surface area contributed by atoms with Crippen LogP contribution in [0.1, 0.15) is 6.42 Å². The zero-order chi connectivity index (χ0) is 3.86. The van der Waals surface area contributed by atoms with Crippen LogP contribution in [-0.4, -0.2) is 10.9 Å². The molecule has 1 N–H and O–H groups in total. The zero-order valence-electron chi connectivity index (χ0n) is 2.74. The van der Waals surface area contributed by atoms with Gasteiger partial charge in [0.2, 0.25) is 0 Å². The van der Waals surface area contributed by atoms with E-state index in [9.17, 15) is 0 Å². The van der Waals surface area contributed by atoms with Crippen LogP contribution in [0.4, 0.5) is 0 Å². The van der Waals surface area contributed by atoms with Crippen LogP contribution < -0.4 is 5.73 Å². The normalized spacial score (nSPS) is 49.2. The summed E-state index contributed by atoms with van der Waals surface area (Å²) in [6.07, 6.45) is 1.06. The Kier molecular flexibility index (Phi) is 0.688. The second kappa shape index (κ2) is 0.949. The van der Waals surface area contributed by atoms with Gasteiger partial charge < -0.3 is 0 Å². The van der Waals surface area contributed by atoms with Crippen LogP contribution in [0.5, 0.6) is 0 Å².